The smallest absolute Gasteiger partial charge is 0.194 e. The number of aromatic nitrogens is 1. The summed E-state index contributed by atoms with van der Waals surface area (Å²) in [4.78, 5) is 9.55. The highest BCUT2D eigenvalue weighted by Crippen LogP contribution is 2.09. The van der Waals surface area contributed by atoms with Gasteiger partial charge in [-0.05, 0) is 32.3 Å². The predicted octanol–water partition coefficient (Wildman–Crippen LogP) is 1.82. The highest BCUT2D eigenvalue weighted by Gasteiger charge is 2.20. The minimum absolute atomic E-state index is 0.868. The molecule has 1 aromatic heterocycles. The molecule has 0 aliphatic carbocycles. The monoisotopic (exact) mass is 339 g/mol. The van der Waals surface area contributed by atoms with Crippen LogP contribution >= 0.6 is 11.8 Å². The van der Waals surface area contributed by atoms with Crippen LogP contribution in [0.2, 0.25) is 0 Å². The summed E-state index contributed by atoms with van der Waals surface area (Å²) in [6.45, 7) is 10.8. The molecule has 23 heavy (non-hydrogen) atoms. The molecule has 2 rings (SSSR count). The number of nitrogens with zero attached hydrogens (tertiary/aromatic N) is 4. The number of thioether (sulfide) groups is 1. The molecule has 0 unspecified atom stereocenters. The van der Waals surface area contributed by atoms with Gasteiger partial charge in [0, 0.05) is 51.9 Å². The highest BCUT2D eigenvalue weighted by atomic mass is 32.2. The molecule has 0 radical (unpaired) electrons. The van der Waals surface area contributed by atoms with Gasteiger partial charge in [-0.1, -0.05) is 5.16 Å². The van der Waals surface area contributed by atoms with Crippen LogP contribution < -0.4 is 5.32 Å². The van der Waals surface area contributed by atoms with Crippen LogP contribution in [0.25, 0.3) is 0 Å². The summed E-state index contributed by atoms with van der Waals surface area (Å²) in [6, 6.07) is 2.02. The van der Waals surface area contributed by atoms with Gasteiger partial charge in [-0.25, -0.2) is 0 Å². The van der Waals surface area contributed by atoms with E-state index in [1.807, 2.05) is 24.8 Å². The van der Waals surface area contributed by atoms with E-state index in [1.165, 1.54) is 5.75 Å². The number of aryl methyl sites for hydroxylation is 1. The van der Waals surface area contributed by atoms with Gasteiger partial charge in [0.1, 0.15) is 5.76 Å². The standard InChI is InChI=1S/C16H29N5OS/c1-4-17-16(18-6-5-11-23-3)21-9-7-20(8-10-21)13-15-12-14(2)22-19-15/h12H,4-11,13H2,1-3H3,(H,17,18). The Labute approximate surface area is 143 Å². The van der Waals surface area contributed by atoms with Crippen molar-refractivity contribution in [2.75, 3.05) is 51.3 Å². The zero-order chi connectivity index (χ0) is 16.5. The molecule has 0 aromatic carbocycles. The van der Waals surface area contributed by atoms with E-state index in [2.05, 4.69) is 33.5 Å². The van der Waals surface area contributed by atoms with Crippen molar-refractivity contribution in [2.45, 2.75) is 26.8 Å². The summed E-state index contributed by atoms with van der Waals surface area (Å²) in [5, 5.41) is 7.50. The molecule has 1 aliphatic rings. The lowest BCUT2D eigenvalue weighted by atomic mass is 10.3. The van der Waals surface area contributed by atoms with E-state index in [4.69, 9.17) is 9.52 Å². The first-order valence-corrected chi connectivity index (χ1v) is 9.79. The van der Waals surface area contributed by atoms with Crippen LogP contribution in [0.15, 0.2) is 15.6 Å². The maximum Gasteiger partial charge on any atom is 0.194 e. The maximum absolute atomic E-state index is 5.14. The molecule has 0 amide bonds. The zero-order valence-electron chi connectivity index (χ0n) is 14.5. The van der Waals surface area contributed by atoms with Crippen LogP contribution in [-0.4, -0.2) is 72.2 Å². The van der Waals surface area contributed by atoms with Gasteiger partial charge in [0.15, 0.2) is 5.96 Å². The quantitative estimate of drug-likeness (QED) is 0.465. The van der Waals surface area contributed by atoms with Gasteiger partial charge in [-0.15, -0.1) is 0 Å². The molecular weight excluding hydrogens is 310 g/mol. The van der Waals surface area contributed by atoms with Gasteiger partial charge < -0.3 is 14.7 Å². The van der Waals surface area contributed by atoms with Crippen molar-refractivity contribution in [3.63, 3.8) is 0 Å². The molecule has 1 aromatic rings. The van der Waals surface area contributed by atoms with Crippen molar-refractivity contribution >= 4 is 17.7 Å². The number of aliphatic imine (C=N–C) groups is 1. The number of rotatable bonds is 7. The van der Waals surface area contributed by atoms with Gasteiger partial charge >= 0.3 is 0 Å². The van der Waals surface area contributed by atoms with Crippen LogP contribution in [0.3, 0.4) is 0 Å². The maximum atomic E-state index is 5.14. The summed E-state index contributed by atoms with van der Waals surface area (Å²) < 4.78 is 5.14. The molecule has 6 nitrogen and oxygen atoms in total. The summed E-state index contributed by atoms with van der Waals surface area (Å²) in [5.74, 6) is 3.12. The molecule has 0 saturated carbocycles. The van der Waals surface area contributed by atoms with Crippen LogP contribution in [0, 0.1) is 6.92 Å². The number of piperazine rings is 1. The van der Waals surface area contributed by atoms with E-state index < -0.39 is 0 Å². The van der Waals surface area contributed by atoms with Crippen LogP contribution in [0.1, 0.15) is 24.8 Å². The lowest BCUT2D eigenvalue weighted by Gasteiger charge is -2.36. The van der Waals surface area contributed by atoms with Crippen molar-refractivity contribution in [3.8, 4) is 0 Å². The molecule has 0 spiro atoms. The van der Waals surface area contributed by atoms with Crippen molar-refractivity contribution in [1.82, 2.24) is 20.3 Å². The third-order valence-corrected chi connectivity index (χ3v) is 4.53. The van der Waals surface area contributed by atoms with E-state index in [-0.39, 0.29) is 0 Å². The number of hydrogen-bond acceptors (Lipinski definition) is 5. The lowest BCUT2D eigenvalue weighted by Crippen LogP contribution is -2.52. The summed E-state index contributed by atoms with van der Waals surface area (Å²) >= 11 is 1.88. The van der Waals surface area contributed by atoms with Crippen LogP contribution in [-0.2, 0) is 6.54 Å². The van der Waals surface area contributed by atoms with Crippen molar-refractivity contribution < 1.29 is 4.52 Å². The first-order chi connectivity index (χ1) is 11.2. The summed E-state index contributed by atoms with van der Waals surface area (Å²) in [7, 11) is 0. The van der Waals surface area contributed by atoms with Gasteiger partial charge in [0.25, 0.3) is 0 Å². The van der Waals surface area contributed by atoms with E-state index in [9.17, 15) is 0 Å². The Morgan fingerprint density at radius 3 is 2.78 bits per heavy atom. The SMILES string of the molecule is CCNC(=NCCCSC)N1CCN(Cc2cc(C)on2)CC1. The minimum atomic E-state index is 0.868. The number of nitrogens with one attached hydrogen (secondary N) is 1. The fourth-order valence-electron chi connectivity index (χ4n) is 2.66. The minimum Gasteiger partial charge on any atom is -0.361 e. The molecule has 2 heterocycles. The van der Waals surface area contributed by atoms with Gasteiger partial charge in [-0.3, -0.25) is 9.89 Å². The number of guanidine groups is 1. The van der Waals surface area contributed by atoms with Crippen molar-refractivity contribution in [1.29, 1.82) is 0 Å². The topological polar surface area (TPSA) is 56.9 Å². The average Bonchev–Trinajstić information content (AvgIpc) is 2.96. The molecular formula is C16H29N5OS. The van der Waals surface area contributed by atoms with Gasteiger partial charge in [-0.2, -0.15) is 11.8 Å². The van der Waals surface area contributed by atoms with E-state index in [0.717, 1.165) is 69.6 Å². The molecule has 1 fully saturated rings. The third-order valence-electron chi connectivity index (χ3n) is 3.84. The van der Waals surface area contributed by atoms with E-state index in [1.54, 1.807) is 0 Å². The Balaban J connectivity index is 1.80. The first-order valence-electron chi connectivity index (χ1n) is 8.39. The van der Waals surface area contributed by atoms with Crippen LogP contribution in [0.4, 0.5) is 0 Å². The largest absolute Gasteiger partial charge is 0.361 e. The molecule has 1 saturated heterocycles. The second kappa shape index (κ2) is 9.82. The average molecular weight is 340 g/mol. The predicted molar refractivity (Wildman–Crippen MR) is 97.1 cm³/mol. The Kier molecular flexibility index (Phi) is 7.74. The Morgan fingerprint density at radius 2 is 2.17 bits per heavy atom. The van der Waals surface area contributed by atoms with Crippen molar-refractivity contribution in [2.24, 2.45) is 4.99 Å². The third kappa shape index (κ3) is 6.06. The fourth-order valence-corrected chi connectivity index (χ4v) is 3.08. The Morgan fingerprint density at radius 1 is 1.39 bits per heavy atom. The van der Waals surface area contributed by atoms with Crippen molar-refractivity contribution in [3.05, 3.63) is 17.5 Å². The Bertz CT molecular complexity index is 483. The molecule has 130 valence electrons. The zero-order valence-corrected chi connectivity index (χ0v) is 15.4. The Hall–Kier alpha value is -1.21. The second-order valence-electron chi connectivity index (χ2n) is 5.77. The van der Waals surface area contributed by atoms with Gasteiger partial charge in [0.2, 0.25) is 0 Å². The summed E-state index contributed by atoms with van der Waals surface area (Å²) in [5.41, 5.74) is 1.02. The van der Waals surface area contributed by atoms with E-state index in [0.29, 0.717) is 0 Å². The summed E-state index contributed by atoms with van der Waals surface area (Å²) in [6.07, 6.45) is 3.28. The number of hydrogen-bond donors (Lipinski definition) is 1. The normalized spacial score (nSPS) is 16.8. The van der Waals surface area contributed by atoms with Gasteiger partial charge in [0.05, 0.1) is 5.69 Å². The van der Waals surface area contributed by atoms with E-state index >= 15 is 0 Å². The molecule has 1 N–H and O–H groups in total. The fraction of sp³-hybridized carbons (Fsp3) is 0.750. The molecule has 0 atom stereocenters. The first kappa shape index (κ1) is 18.1. The molecule has 0 bridgehead atoms. The van der Waals surface area contributed by atoms with Crippen LogP contribution in [0.5, 0.6) is 0 Å². The lowest BCUT2D eigenvalue weighted by molar-refractivity contribution is 0.169. The molecule has 1 aliphatic heterocycles. The molecule has 7 heteroatoms. The highest BCUT2D eigenvalue weighted by molar-refractivity contribution is 7.98. The second-order valence-corrected chi connectivity index (χ2v) is 6.76.